The van der Waals surface area contributed by atoms with E-state index in [0.29, 0.717) is 17.8 Å². The van der Waals surface area contributed by atoms with Crippen molar-refractivity contribution in [1.82, 2.24) is 4.90 Å². The first-order chi connectivity index (χ1) is 10.6. The summed E-state index contributed by atoms with van der Waals surface area (Å²) < 4.78 is 0. The van der Waals surface area contributed by atoms with E-state index < -0.39 is 6.17 Å². The van der Waals surface area contributed by atoms with Gasteiger partial charge in [-0.25, -0.2) is 0 Å². The summed E-state index contributed by atoms with van der Waals surface area (Å²) >= 11 is 0. The molecule has 2 aromatic rings. The Morgan fingerprint density at radius 3 is 2.41 bits per heavy atom. The van der Waals surface area contributed by atoms with Gasteiger partial charge in [-0.3, -0.25) is 19.4 Å². The molecule has 4 heteroatoms. The Morgan fingerprint density at radius 2 is 1.73 bits per heavy atom. The van der Waals surface area contributed by atoms with Gasteiger partial charge in [0.15, 0.2) is 6.17 Å². The van der Waals surface area contributed by atoms with Gasteiger partial charge in [0.25, 0.3) is 0 Å². The molecule has 0 bridgehead atoms. The number of para-hydroxylation sites is 1. The first-order valence-electron chi connectivity index (χ1n) is 7.27. The zero-order valence-corrected chi connectivity index (χ0v) is 12.7. The molecule has 0 radical (unpaired) electrons. The van der Waals surface area contributed by atoms with Crippen LogP contribution in [0.3, 0.4) is 0 Å². The molecule has 1 amide bonds. The largest absolute Gasteiger partial charge is 0.290 e. The van der Waals surface area contributed by atoms with E-state index in [2.05, 4.69) is 0 Å². The maximum atomic E-state index is 12.7. The van der Waals surface area contributed by atoms with Crippen LogP contribution >= 0.6 is 0 Å². The van der Waals surface area contributed by atoms with Crippen LogP contribution in [0.2, 0.25) is 0 Å². The molecular weight excluding hydrogens is 276 g/mol. The van der Waals surface area contributed by atoms with E-state index in [0.717, 1.165) is 5.56 Å². The first kappa shape index (κ1) is 14.5. The second-order valence-electron chi connectivity index (χ2n) is 5.54. The minimum Gasteiger partial charge on any atom is -0.290 e. The molecule has 1 aliphatic heterocycles. The van der Waals surface area contributed by atoms with Crippen molar-refractivity contribution in [3.63, 3.8) is 0 Å². The van der Waals surface area contributed by atoms with Crippen LogP contribution in [-0.2, 0) is 11.3 Å². The number of carbonyl (C=O) groups excluding carboxylic acids is 2. The average Bonchev–Trinajstić information content (AvgIpc) is 2.82. The van der Waals surface area contributed by atoms with Gasteiger partial charge in [0, 0.05) is 19.0 Å². The fourth-order valence-electron chi connectivity index (χ4n) is 2.98. The van der Waals surface area contributed by atoms with Crippen molar-refractivity contribution >= 4 is 17.4 Å². The SMILES string of the molecule is CC(=O)N1c2ccccc2C(=O)C1N(C)Cc1ccccc1. The van der Waals surface area contributed by atoms with Crippen molar-refractivity contribution in [2.24, 2.45) is 0 Å². The summed E-state index contributed by atoms with van der Waals surface area (Å²) in [7, 11) is 1.87. The number of rotatable bonds is 3. The van der Waals surface area contributed by atoms with Crippen molar-refractivity contribution < 1.29 is 9.59 Å². The predicted octanol–water partition coefficient (Wildman–Crippen LogP) is 2.69. The van der Waals surface area contributed by atoms with Crippen molar-refractivity contribution in [2.45, 2.75) is 19.6 Å². The molecule has 0 N–H and O–H groups in total. The van der Waals surface area contributed by atoms with Gasteiger partial charge in [0.2, 0.25) is 11.7 Å². The number of carbonyl (C=O) groups is 2. The normalized spacial score (nSPS) is 17.0. The highest BCUT2D eigenvalue weighted by molar-refractivity contribution is 6.17. The van der Waals surface area contributed by atoms with Crippen LogP contribution in [0.5, 0.6) is 0 Å². The lowest BCUT2D eigenvalue weighted by Crippen LogP contribution is -2.49. The van der Waals surface area contributed by atoms with Gasteiger partial charge < -0.3 is 0 Å². The summed E-state index contributed by atoms with van der Waals surface area (Å²) in [5.41, 5.74) is 2.42. The highest BCUT2D eigenvalue weighted by Crippen LogP contribution is 2.33. The van der Waals surface area contributed by atoms with Crippen molar-refractivity contribution in [1.29, 1.82) is 0 Å². The van der Waals surface area contributed by atoms with Crippen LogP contribution in [-0.4, -0.2) is 29.8 Å². The minimum absolute atomic E-state index is 0.0239. The highest BCUT2D eigenvalue weighted by Gasteiger charge is 2.41. The highest BCUT2D eigenvalue weighted by atomic mass is 16.2. The molecule has 1 aliphatic rings. The Balaban J connectivity index is 1.93. The molecule has 22 heavy (non-hydrogen) atoms. The van der Waals surface area contributed by atoms with E-state index >= 15 is 0 Å². The second kappa shape index (κ2) is 5.73. The maximum absolute atomic E-state index is 12.7. The number of amides is 1. The van der Waals surface area contributed by atoms with Crippen molar-refractivity contribution in [3.05, 3.63) is 65.7 Å². The third-order valence-electron chi connectivity index (χ3n) is 3.94. The quantitative estimate of drug-likeness (QED) is 0.874. The number of fused-ring (bicyclic) bond motifs is 1. The number of nitrogens with zero attached hydrogens (tertiary/aromatic N) is 2. The molecule has 2 aromatic carbocycles. The Hall–Kier alpha value is -2.46. The average molecular weight is 294 g/mol. The van der Waals surface area contributed by atoms with Crippen LogP contribution < -0.4 is 4.90 Å². The third-order valence-corrected chi connectivity index (χ3v) is 3.94. The summed E-state index contributed by atoms with van der Waals surface area (Å²) in [6.45, 7) is 2.10. The van der Waals surface area contributed by atoms with Gasteiger partial charge in [-0.05, 0) is 24.7 Å². The summed E-state index contributed by atoms with van der Waals surface area (Å²) in [5.74, 6) is -0.146. The van der Waals surface area contributed by atoms with Crippen molar-refractivity contribution in [2.75, 3.05) is 11.9 Å². The maximum Gasteiger partial charge on any atom is 0.225 e. The van der Waals surface area contributed by atoms with Crippen LogP contribution in [0, 0.1) is 0 Å². The zero-order chi connectivity index (χ0) is 15.7. The van der Waals surface area contributed by atoms with Gasteiger partial charge >= 0.3 is 0 Å². The fourth-order valence-corrected chi connectivity index (χ4v) is 2.98. The Morgan fingerprint density at radius 1 is 1.09 bits per heavy atom. The van der Waals surface area contributed by atoms with E-state index in [1.807, 2.05) is 60.5 Å². The Labute approximate surface area is 130 Å². The monoisotopic (exact) mass is 294 g/mol. The third kappa shape index (κ3) is 2.42. The molecule has 0 aliphatic carbocycles. The van der Waals surface area contributed by atoms with Gasteiger partial charge in [0.05, 0.1) is 5.69 Å². The van der Waals surface area contributed by atoms with Crippen LogP contribution in [0.4, 0.5) is 5.69 Å². The molecule has 1 unspecified atom stereocenters. The first-order valence-corrected chi connectivity index (χ1v) is 7.27. The summed E-state index contributed by atoms with van der Waals surface area (Å²) in [6.07, 6.45) is -0.574. The number of likely N-dealkylation sites (N-methyl/N-ethyl adjacent to an activating group) is 1. The van der Waals surface area contributed by atoms with E-state index in [4.69, 9.17) is 0 Å². The number of ketones is 1. The molecule has 1 atom stereocenters. The van der Waals surface area contributed by atoms with E-state index in [1.54, 1.807) is 11.0 Å². The minimum atomic E-state index is -0.574. The van der Waals surface area contributed by atoms with Gasteiger partial charge in [-0.15, -0.1) is 0 Å². The molecule has 0 aromatic heterocycles. The summed E-state index contributed by atoms with van der Waals surface area (Å²) in [4.78, 5) is 28.3. The summed E-state index contributed by atoms with van der Waals surface area (Å²) in [6, 6.07) is 17.2. The van der Waals surface area contributed by atoms with E-state index in [-0.39, 0.29) is 11.7 Å². The molecule has 0 spiro atoms. The van der Waals surface area contributed by atoms with Crippen molar-refractivity contribution in [3.8, 4) is 0 Å². The number of benzene rings is 2. The lowest BCUT2D eigenvalue weighted by atomic mass is 10.1. The van der Waals surface area contributed by atoms with E-state index in [1.165, 1.54) is 6.92 Å². The Kier molecular flexibility index (Phi) is 3.77. The Bertz CT molecular complexity index is 712. The lowest BCUT2D eigenvalue weighted by Gasteiger charge is -2.30. The molecule has 112 valence electrons. The molecule has 4 nitrogen and oxygen atoms in total. The molecule has 0 saturated heterocycles. The van der Waals surface area contributed by atoms with Gasteiger partial charge in [-0.2, -0.15) is 0 Å². The zero-order valence-electron chi connectivity index (χ0n) is 12.7. The number of anilines is 1. The van der Waals surface area contributed by atoms with Gasteiger partial charge in [-0.1, -0.05) is 42.5 Å². The van der Waals surface area contributed by atoms with Gasteiger partial charge in [0.1, 0.15) is 0 Å². The van der Waals surface area contributed by atoms with Crippen LogP contribution in [0.25, 0.3) is 0 Å². The second-order valence-corrected chi connectivity index (χ2v) is 5.54. The molecule has 0 saturated carbocycles. The van der Waals surface area contributed by atoms with Crippen LogP contribution in [0.1, 0.15) is 22.8 Å². The molecular formula is C18H18N2O2. The smallest absolute Gasteiger partial charge is 0.225 e. The van der Waals surface area contributed by atoms with Crippen LogP contribution in [0.15, 0.2) is 54.6 Å². The van der Waals surface area contributed by atoms with E-state index in [9.17, 15) is 9.59 Å². The standard InChI is InChI=1S/C18H18N2O2/c1-13(21)20-16-11-7-6-10-15(16)17(22)18(20)19(2)12-14-8-4-3-5-9-14/h3-11,18H,12H2,1-2H3. The fraction of sp³-hybridized carbons (Fsp3) is 0.222. The number of Topliss-reactive ketones (excluding diaryl/α,β-unsaturated/α-hetero) is 1. The predicted molar refractivity (Wildman–Crippen MR) is 85.6 cm³/mol. The lowest BCUT2D eigenvalue weighted by molar-refractivity contribution is -0.117. The molecule has 3 rings (SSSR count). The number of hydrogen-bond acceptors (Lipinski definition) is 3. The molecule has 1 heterocycles. The topological polar surface area (TPSA) is 40.6 Å². The summed E-state index contributed by atoms with van der Waals surface area (Å²) in [5, 5.41) is 0. The number of hydrogen-bond donors (Lipinski definition) is 0. The molecule has 0 fully saturated rings.